The zero-order chi connectivity index (χ0) is 6.69. The third kappa shape index (κ3) is 1.07. The number of hydrogen-bond acceptors (Lipinski definition) is 3. The number of rotatable bonds is 1. The van der Waals surface area contributed by atoms with Crippen molar-refractivity contribution in [3.05, 3.63) is 27.1 Å². The van der Waals surface area contributed by atoms with Gasteiger partial charge in [0.05, 0.1) is 4.91 Å². The lowest BCUT2D eigenvalue weighted by atomic mass is 11.0. The molecule has 0 spiro atoms. The number of nitrogens with zero attached hydrogens (tertiary/aromatic N) is 4. The first-order chi connectivity index (χ1) is 4.33. The van der Waals surface area contributed by atoms with Crippen LogP contribution < -0.4 is 10.4 Å². The standard InChI is InChI=1S/C2HN5O2/c3-4-5-7-1-2(8)9-6-7/h1H/p+1. The summed E-state index contributed by atoms with van der Waals surface area (Å²) in [6, 6.07) is 0. The number of azide groups is 1. The Kier molecular flexibility index (Phi) is 1.21. The fourth-order valence-corrected chi connectivity index (χ4v) is 0.331. The summed E-state index contributed by atoms with van der Waals surface area (Å²) >= 11 is 0. The third-order valence-electron chi connectivity index (χ3n) is 0.604. The summed E-state index contributed by atoms with van der Waals surface area (Å²) in [7, 11) is 0. The van der Waals surface area contributed by atoms with Crippen molar-refractivity contribution >= 4 is 0 Å². The fourth-order valence-electron chi connectivity index (χ4n) is 0.331. The number of H-pyrrole nitrogens is 1. The van der Waals surface area contributed by atoms with Crippen LogP contribution in [0.1, 0.15) is 0 Å². The second kappa shape index (κ2) is 2.01. The highest BCUT2D eigenvalue weighted by molar-refractivity contribution is 4.48. The minimum atomic E-state index is -0.595. The van der Waals surface area contributed by atoms with E-state index in [0.717, 1.165) is 11.0 Å². The van der Waals surface area contributed by atoms with E-state index in [1.807, 2.05) is 5.27 Å². The Balaban J connectivity index is 3.12. The molecule has 0 saturated heterocycles. The summed E-state index contributed by atoms with van der Waals surface area (Å²) in [5.74, 6) is 0. The first-order valence-electron chi connectivity index (χ1n) is 1.98. The Morgan fingerprint density at radius 3 is 3.22 bits per heavy atom. The van der Waals surface area contributed by atoms with Gasteiger partial charge >= 0.3 is 11.8 Å². The molecule has 1 N–H and O–H groups in total. The molecule has 1 aromatic heterocycles. The fraction of sp³-hybridized carbons (Fsp3) is 0. The molecule has 0 unspecified atom stereocenters. The lowest BCUT2D eigenvalue weighted by Gasteiger charge is -1.60. The lowest BCUT2D eigenvalue weighted by Crippen LogP contribution is -2.27. The van der Waals surface area contributed by atoms with Gasteiger partial charge in [-0.05, 0) is 0 Å². The minimum Gasteiger partial charge on any atom is -0.282 e. The molecule has 0 fully saturated rings. The van der Waals surface area contributed by atoms with Gasteiger partial charge in [-0.15, -0.1) is 0 Å². The van der Waals surface area contributed by atoms with Crippen LogP contribution in [0.2, 0.25) is 0 Å². The number of nitrogens with one attached hydrogen (secondary N) is 1. The van der Waals surface area contributed by atoms with Crippen LogP contribution in [0.15, 0.2) is 20.7 Å². The molecule has 1 aromatic rings. The summed E-state index contributed by atoms with van der Waals surface area (Å²) in [5, 5.41) is 4.99. The van der Waals surface area contributed by atoms with E-state index in [4.69, 9.17) is 5.53 Å². The van der Waals surface area contributed by atoms with Crippen LogP contribution in [-0.2, 0) is 0 Å². The summed E-state index contributed by atoms with van der Waals surface area (Å²) < 4.78 is 4.13. The highest BCUT2D eigenvalue weighted by Crippen LogP contribution is 1.58. The van der Waals surface area contributed by atoms with E-state index in [1.54, 1.807) is 0 Å². The normalized spacial score (nSPS) is 8.44. The Hall–Kier alpha value is -1.75. The molecule has 0 bridgehead atoms. The SMILES string of the molecule is [N-]=[N+]=N[n+]1cc(=O)o[nH]1. The predicted molar refractivity (Wildman–Crippen MR) is 24.1 cm³/mol. The predicted octanol–water partition coefficient (Wildman–Crippen LogP) is -0.671. The van der Waals surface area contributed by atoms with Gasteiger partial charge < -0.3 is 0 Å². The first kappa shape index (κ1) is 5.39. The summed E-state index contributed by atoms with van der Waals surface area (Å²) in [6.07, 6.45) is 0.972. The molecule has 9 heavy (non-hydrogen) atoms. The zero-order valence-corrected chi connectivity index (χ0v) is 4.18. The van der Waals surface area contributed by atoms with Gasteiger partial charge in [0.15, 0.2) is 0 Å². The van der Waals surface area contributed by atoms with Crippen LogP contribution in [0, 0.1) is 0 Å². The van der Waals surface area contributed by atoms with Gasteiger partial charge in [-0.1, -0.05) is 0 Å². The van der Waals surface area contributed by atoms with Crippen molar-refractivity contribution in [2.75, 3.05) is 0 Å². The van der Waals surface area contributed by atoms with Gasteiger partial charge in [0.2, 0.25) is 5.22 Å². The molecule has 0 saturated carbocycles. The van der Waals surface area contributed by atoms with Crippen molar-refractivity contribution in [3.63, 3.8) is 0 Å². The van der Waals surface area contributed by atoms with Crippen LogP contribution in [0.3, 0.4) is 0 Å². The molecule has 7 heteroatoms. The van der Waals surface area contributed by atoms with E-state index >= 15 is 0 Å². The molecular formula is C2H2N5O2+. The molecule has 0 aromatic carbocycles. The van der Waals surface area contributed by atoms with E-state index in [2.05, 4.69) is 14.7 Å². The number of hydrogen-bond donors (Lipinski definition) is 1. The molecule has 7 nitrogen and oxygen atoms in total. The summed E-state index contributed by atoms with van der Waals surface area (Å²) in [4.78, 5) is 13.4. The molecular weight excluding hydrogens is 126 g/mol. The van der Waals surface area contributed by atoms with Crippen LogP contribution in [0.25, 0.3) is 10.4 Å². The molecule has 0 aliphatic rings. The second-order valence-electron chi connectivity index (χ2n) is 1.16. The zero-order valence-electron chi connectivity index (χ0n) is 4.18. The van der Waals surface area contributed by atoms with E-state index in [9.17, 15) is 4.79 Å². The molecule has 46 valence electrons. The maximum Gasteiger partial charge on any atom is 0.428 e. The van der Waals surface area contributed by atoms with Crippen molar-refractivity contribution in [2.45, 2.75) is 0 Å². The number of aromatic nitrogens is 2. The van der Waals surface area contributed by atoms with Crippen molar-refractivity contribution in [1.29, 1.82) is 0 Å². The molecule has 0 radical (unpaired) electrons. The van der Waals surface area contributed by atoms with E-state index in [-0.39, 0.29) is 0 Å². The van der Waals surface area contributed by atoms with E-state index < -0.39 is 5.63 Å². The maximum atomic E-state index is 10.2. The highest BCUT2D eigenvalue weighted by Gasteiger charge is 2.00. The van der Waals surface area contributed by atoms with Crippen LogP contribution in [-0.4, -0.2) is 5.27 Å². The van der Waals surface area contributed by atoms with E-state index in [0.29, 0.717) is 0 Å². The summed E-state index contributed by atoms with van der Waals surface area (Å²) in [6.45, 7) is 0. The Bertz CT molecular complexity index is 290. The number of aromatic amines is 1. The Morgan fingerprint density at radius 2 is 2.78 bits per heavy atom. The van der Waals surface area contributed by atoms with Gasteiger partial charge in [-0.2, -0.15) is 0 Å². The molecule has 0 atom stereocenters. The van der Waals surface area contributed by atoms with Gasteiger partial charge in [-0.3, -0.25) is 4.52 Å². The summed E-state index contributed by atoms with van der Waals surface area (Å²) in [5.41, 5.74) is 7.21. The Morgan fingerprint density at radius 1 is 2.00 bits per heavy atom. The second-order valence-corrected chi connectivity index (χ2v) is 1.16. The minimum absolute atomic E-state index is 0.595. The largest absolute Gasteiger partial charge is 0.428 e. The van der Waals surface area contributed by atoms with Crippen LogP contribution in [0.5, 0.6) is 0 Å². The molecule has 1 heterocycles. The third-order valence-corrected chi connectivity index (χ3v) is 0.604. The van der Waals surface area contributed by atoms with Crippen LogP contribution in [0.4, 0.5) is 0 Å². The monoisotopic (exact) mass is 128 g/mol. The average Bonchev–Trinajstić information content (AvgIpc) is 2.17. The highest BCUT2D eigenvalue weighted by atomic mass is 16.5. The first-order valence-corrected chi connectivity index (χ1v) is 1.98. The maximum absolute atomic E-state index is 10.2. The van der Waals surface area contributed by atoms with E-state index in [1.165, 1.54) is 0 Å². The van der Waals surface area contributed by atoms with Gasteiger partial charge in [-0.25, -0.2) is 4.79 Å². The van der Waals surface area contributed by atoms with Crippen molar-refractivity contribution in [3.8, 4) is 0 Å². The van der Waals surface area contributed by atoms with Gasteiger partial charge in [0.1, 0.15) is 0 Å². The van der Waals surface area contributed by atoms with Gasteiger partial charge in [0, 0.05) is 15.6 Å². The van der Waals surface area contributed by atoms with Crippen molar-refractivity contribution in [1.82, 2.24) is 5.27 Å². The molecule has 0 aliphatic heterocycles. The topological polar surface area (TPSA) is 98.6 Å². The smallest absolute Gasteiger partial charge is 0.282 e. The molecule has 0 amide bonds. The lowest BCUT2D eigenvalue weighted by molar-refractivity contribution is -0.748. The average molecular weight is 128 g/mol. The van der Waals surface area contributed by atoms with Crippen molar-refractivity contribution < 1.29 is 9.31 Å². The molecule has 1 rings (SSSR count). The van der Waals surface area contributed by atoms with Crippen LogP contribution >= 0.6 is 0 Å². The van der Waals surface area contributed by atoms with Gasteiger partial charge in [0.25, 0.3) is 0 Å². The quantitative estimate of drug-likeness (QED) is 0.235. The molecule has 0 aliphatic carbocycles. The Labute approximate surface area is 48.1 Å². The van der Waals surface area contributed by atoms with Crippen molar-refractivity contribution in [2.24, 2.45) is 5.22 Å².